The molecule has 1 aromatic heterocycles. The van der Waals surface area contributed by atoms with Gasteiger partial charge in [0, 0.05) is 35.4 Å². The van der Waals surface area contributed by atoms with Gasteiger partial charge in [-0.25, -0.2) is 0 Å². The van der Waals surface area contributed by atoms with Crippen molar-refractivity contribution in [3.05, 3.63) is 52.2 Å². The molecule has 0 spiro atoms. The predicted molar refractivity (Wildman–Crippen MR) is 114 cm³/mol. The van der Waals surface area contributed by atoms with E-state index in [0.29, 0.717) is 5.02 Å². The molecule has 27 heavy (non-hydrogen) atoms. The fourth-order valence-electron chi connectivity index (χ4n) is 4.19. The fraction of sp³-hybridized carbons (Fsp3) is 0.286. The molecule has 140 valence electrons. The molecule has 1 aliphatic rings. The number of carbonyl (C=O) groups is 1. The van der Waals surface area contributed by atoms with Gasteiger partial charge in [0.25, 0.3) is 0 Å². The van der Waals surface area contributed by atoms with Gasteiger partial charge in [-0.1, -0.05) is 35.7 Å². The van der Waals surface area contributed by atoms with Gasteiger partial charge >= 0.3 is 5.97 Å². The molecule has 3 aromatic rings. The average molecular weight is 401 g/mol. The number of anilines is 1. The Bertz CT molecular complexity index is 1060. The summed E-state index contributed by atoms with van der Waals surface area (Å²) in [6, 6.07) is 9.87. The number of carboxylic acid groups (broad SMARTS) is 1. The molecule has 0 aliphatic carbocycles. The smallest absolute Gasteiger partial charge is 0.307 e. The van der Waals surface area contributed by atoms with E-state index in [4.69, 9.17) is 11.6 Å². The first-order valence-electron chi connectivity index (χ1n) is 8.87. The Morgan fingerprint density at radius 3 is 2.56 bits per heavy atom. The number of rotatable bonds is 4. The lowest BCUT2D eigenvalue weighted by Crippen LogP contribution is -2.27. The van der Waals surface area contributed by atoms with Crippen LogP contribution in [0.25, 0.3) is 22.0 Å². The molecule has 0 atom stereocenters. The second-order valence-electron chi connectivity index (χ2n) is 6.89. The SMILES string of the molecule is CSN1CCn2c(C)cc3c(-c4ccc(Cl)cc4)c(CC(=O)O)c(C)c1c32. The monoisotopic (exact) mass is 400 g/mol. The maximum absolute atomic E-state index is 11.7. The molecule has 6 heteroatoms. The molecule has 1 N–H and O–H groups in total. The van der Waals surface area contributed by atoms with Gasteiger partial charge in [-0.3, -0.25) is 4.79 Å². The number of nitrogens with zero attached hydrogens (tertiary/aromatic N) is 2. The van der Waals surface area contributed by atoms with Crippen LogP contribution in [0.3, 0.4) is 0 Å². The summed E-state index contributed by atoms with van der Waals surface area (Å²) < 4.78 is 4.64. The fourth-order valence-corrected chi connectivity index (χ4v) is 4.99. The highest BCUT2D eigenvalue weighted by atomic mass is 35.5. The molecular weight excluding hydrogens is 380 g/mol. The Kier molecular flexibility index (Phi) is 4.60. The molecule has 0 saturated carbocycles. The van der Waals surface area contributed by atoms with Gasteiger partial charge in [0.15, 0.2) is 0 Å². The lowest BCUT2D eigenvalue weighted by atomic mass is 9.89. The first-order chi connectivity index (χ1) is 12.9. The first kappa shape index (κ1) is 18.3. The van der Waals surface area contributed by atoms with Gasteiger partial charge in [-0.05, 0) is 54.3 Å². The number of aromatic nitrogens is 1. The van der Waals surface area contributed by atoms with Crippen molar-refractivity contribution in [3.8, 4) is 11.1 Å². The van der Waals surface area contributed by atoms with Crippen molar-refractivity contribution in [3.63, 3.8) is 0 Å². The Morgan fingerprint density at radius 2 is 1.93 bits per heavy atom. The van der Waals surface area contributed by atoms with E-state index < -0.39 is 5.97 Å². The van der Waals surface area contributed by atoms with Crippen molar-refractivity contribution in [1.29, 1.82) is 0 Å². The summed E-state index contributed by atoms with van der Waals surface area (Å²) in [4.78, 5) is 11.7. The van der Waals surface area contributed by atoms with Crippen LogP contribution < -0.4 is 4.31 Å². The predicted octanol–water partition coefficient (Wildman–Crippen LogP) is 5.30. The van der Waals surface area contributed by atoms with Gasteiger partial charge in [0.2, 0.25) is 0 Å². The summed E-state index contributed by atoms with van der Waals surface area (Å²) in [6.45, 7) is 6.01. The van der Waals surface area contributed by atoms with Crippen LogP contribution in [0.2, 0.25) is 5.02 Å². The van der Waals surface area contributed by atoms with Crippen molar-refractivity contribution in [2.45, 2.75) is 26.8 Å². The molecular formula is C21H21ClN2O2S. The van der Waals surface area contributed by atoms with E-state index in [9.17, 15) is 9.90 Å². The van der Waals surface area contributed by atoms with Crippen molar-refractivity contribution in [2.24, 2.45) is 0 Å². The zero-order valence-corrected chi connectivity index (χ0v) is 17.1. The molecule has 2 heterocycles. The summed E-state index contributed by atoms with van der Waals surface area (Å²) in [5, 5.41) is 11.4. The molecule has 0 saturated heterocycles. The number of aryl methyl sites for hydroxylation is 1. The highest BCUT2D eigenvalue weighted by Crippen LogP contribution is 2.46. The van der Waals surface area contributed by atoms with Crippen molar-refractivity contribution < 1.29 is 9.90 Å². The topological polar surface area (TPSA) is 45.5 Å². The third-order valence-electron chi connectivity index (χ3n) is 5.36. The Hall–Kier alpha value is -2.11. The molecule has 4 rings (SSSR count). The molecule has 2 aromatic carbocycles. The van der Waals surface area contributed by atoms with Crippen LogP contribution in [0.4, 0.5) is 5.69 Å². The van der Waals surface area contributed by atoms with E-state index >= 15 is 0 Å². The Balaban J connectivity index is 2.14. The molecule has 0 unspecified atom stereocenters. The van der Waals surface area contributed by atoms with Crippen LogP contribution in [0, 0.1) is 13.8 Å². The van der Waals surface area contributed by atoms with Gasteiger partial charge in [-0.2, -0.15) is 0 Å². The first-order valence-corrected chi connectivity index (χ1v) is 10.4. The maximum Gasteiger partial charge on any atom is 0.307 e. The second-order valence-corrected chi connectivity index (χ2v) is 8.13. The number of hydrogen-bond acceptors (Lipinski definition) is 3. The quantitative estimate of drug-likeness (QED) is 0.603. The summed E-state index contributed by atoms with van der Waals surface area (Å²) >= 11 is 7.78. The normalized spacial score (nSPS) is 13.4. The molecule has 0 radical (unpaired) electrons. The lowest BCUT2D eigenvalue weighted by Gasteiger charge is -2.32. The van der Waals surface area contributed by atoms with E-state index in [1.54, 1.807) is 11.9 Å². The van der Waals surface area contributed by atoms with Crippen LogP contribution in [0.15, 0.2) is 30.3 Å². The largest absolute Gasteiger partial charge is 0.481 e. The van der Waals surface area contributed by atoms with Gasteiger partial charge in [-0.15, -0.1) is 0 Å². The molecule has 0 fully saturated rings. The van der Waals surface area contributed by atoms with E-state index in [-0.39, 0.29) is 6.42 Å². The number of aliphatic carboxylic acids is 1. The van der Waals surface area contributed by atoms with E-state index in [1.165, 1.54) is 11.2 Å². The molecule has 4 nitrogen and oxygen atoms in total. The lowest BCUT2D eigenvalue weighted by molar-refractivity contribution is -0.136. The van der Waals surface area contributed by atoms with Crippen molar-refractivity contribution in [1.82, 2.24) is 4.57 Å². The van der Waals surface area contributed by atoms with E-state index in [1.807, 2.05) is 31.2 Å². The number of halogens is 1. The van der Waals surface area contributed by atoms with Crippen LogP contribution in [0.5, 0.6) is 0 Å². The number of hydrogen-bond donors (Lipinski definition) is 1. The maximum atomic E-state index is 11.7. The third kappa shape index (κ3) is 2.89. The molecule has 1 aliphatic heterocycles. The van der Waals surface area contributed by atoms with Gasteiger partial charge in [0.1, 0.15) is 0 Å². The van der Waals surface area contributed by atoms with Crippen molar-refractivity contribution in [2.75, 3.05) is 17.1 Å². The highest BCUT2D eigenvalue weighted by Gasteiger charge is 2.28. The van der Waals surface area contributed by atoms with E-state index in [0.717, 1.165) is 46.4 Å². The number of benzene rings is 2. The van der Waals surface area contributed by atoms with Gasteiger partial charge < -0.3 is 14.0 Å². The minimum Gasteiger partial charge on any atom is -0.481 e. The van der Waals surface area contributed by atoms with Crippen LogP contribution in [0.1, 0.15) is 16.8 Å². The van der Waals surface area contributed by atoms with Crippen LogP contribution in [-0.4, -0.2) is 28.4 Å². The molecule has 0 amide bonds. The summed E-state index contributed by atoms with van der Waals surface area (Å²) in [5.41, 5.74) is 7.48. The zero-order valence-electron chi connectivity index (χ0n) is 15.5. The summed E-state index contributed by atoms with van der Waals surface area (Å²) in [5.74, 6) is -0.817. The summed E-state index contributed by atoms with van der Waals surface area (Å²) in [6.07, 6.45) is 2.07. The van der Waals surface area contributed by atoms with E-state index in [2.05, 4.69) is 28.1 Å². The Morgan fingerprint density at radius 1 is 1.22 bits per heavy atom. The Labute approximate surface area is 167 Å². The number of carboxylic acids is 1. The average Bonchev–Trinajstić information content (AvgIpc) is 2.97. The minimum atomic E-state index is -0.817. The minimum absolute atomic E-state index is 0.000812. The second kappa shape index (κ2) is 6.80. The van der Waals surface area contributed by atoms with Crippen LogP contribution >= 0.6 is 23.5 Å². The van der Waals surface area contributed by atoms with Gasteiger partial charge in [0.05, 0.1) is 17.6 Å². The molecule has 0 bridgehead atoms. The standard InChI is InChI=1S/C21H21ClN2O2S/c1-12-10-17-19(14-4-6-15(22)7-5-14)16(11-18(25)26)13(2)20-21(17)23(12)8-9-24(20)27-3/h4-7,10H,8-9,11H2,1-3H3,(H,25,26). The summed E-state index contributed by atoms with van der Waals surface area (Å²) in [7, 11) is 0. The van der Waals surface area contributed by atoms with Crippen molar-refractivity contribution >= 4 is 46.1 Å². The zero-order chi connectivity index (χ0) is 19.3. The van der Waals surface area contributed by atoms with Crippen LogP contribution in [-0.2, 0) is 17.8 Å². The third-order valence-corrected chi connectivity index (χ3v) is 6.42. The highest BCUT2D eigenvalue weighted by molar-refractivity contribution is 8.00.